The molecule has 0 radical (unpaired) electrons. The molecule has 0 amide bonds. The number of aliphatic hydroxyl groups excluding tert-OH is 1. The fourth-order valence-electron chi connectivity index (χ4n) is 2.22. The summed E-state index contributed by atoms with van der Waals surface area (Å²) in [7, 11) is 0. The number of hydrogen-bond donors (Lipinski definition) is 1. The minimum Gasteiger partial charge on any atom is -0.435 e. The van der Waals surface area contributed by atoms with Gasteiger partial charge in [-0.05, 0) is 24.6 Å². The van der Waals surface area contributed by atoms with Gasteiger partial charge in [-0.2, -0.15) is 8.78 Å². The Morgan fingerprint density at radius 2 is 2.10 bits per heavy atom. The van der Waals surface area contributed by atoms with Crippen molar-refractivity contribution >= 4 is 0 Å². The maximum Gasteiger partial charge on any atom is 0.387 e. The molecule has 112 valence electrons. The molecule has 2 unspecified atom stereocenters. The molecule has 1 aromatic rings. The minimum atomic E-state index is -2.80. The third-order valence-electron chi connectivity index (χ3n) is 3.37. The molecule has 0 spiro atoms. The fourth-order valence-corrected chi connectivity index (χ4v) is 2.22. The van der Waals surface area contributed by atoms with Crippen molar-refractivity contribution in [1.29, 1.82) is 0 Å². The summed E-state index contributed by atoms with van der Waals surface area (Å²) in [6, 6.07) is 6.88. The van der Waals surface area contributed by atoms with Crippen LogP contribution < -0.4 is 4.74 Å². The Kier molecular flexibility index (Phi) is 5.28. The van der Waals surface area contributed by atoms with Gasteiger partial charge in [-0.25, -0.2) is 0 Å². The molecule has 6 heteroatoms. The van der Waals surface area contributed by atoms with Gasteiger partial charge in [-0.3, -0.25) is 4.90 Å². The lowest BCUT2D eigenvalue weighted by molar-refractivity contribution is -0.0805. The summed E-state index contributed by atoms with van der Waals surface area (Å²) in [5.74, 6) is 0.159. The number of aliphatic hydroxyl groups is 1. The van der Waals surface area contributed by atoms with E-state index in [0.717, 1.165) is 5.56 Å². The fraction of sp³-hybridized carbons (Fsp3) is 0.571. The summed E-state index contributed by atoms with van der Waals surface area (Å²) < 4.78 is 33.9. The molecule has 1 aromatic carbocycles. The molecule has 2 rings (SSSR count). The highest BCUT2D eigenvalue weighted by atomic mass is 19.3. The lowest BCUT2D eigenvalue weighted by Crippen LogP contribution is -2.48. The van der Waals surface area contributed by atoms with E-state index < -0.39 is 6.61 Å². The Labute approximate surface area is 116 Å². The number of halogens is 2. The van der Waals surface area contributed by atoms with Crippen LogP contribution in [0.3, 0.4) is 0 Å². The second kappa shape index (κ2) is 6.97. The Bertz CT molecular complexity index is 413. The van der Waals surface area contributed by atoms with E-state index in [1.165, 1.54) is 12.1 Å². The zero-order chi connectivity index (χ0) is 14.5. The molecule has 1 heterocycles. The molecule has 20 heavy (non-hydrogen) atoms. The first-order valence-corrected chi connectivity index (χ1v) is 6.58. The van der Waals surface area contributed by atoms with Gasteiger partial charge in [0.25, 0.3) is 0 Å². The highest BCUT2D eigenvalue weighted by Gasteiger charge is 2.25. The van der Waals surface area contributed by atoms with Crippen molar-refractivity contribution in [1.82, 2.24) is 4.90 Å². The molecule has 1 N–H and O–H groups in total. The Hall–Kier alpha value is -1.24. The smallest absolute Gasteiger partial charge is 0.387 e. The number of nitrogens with zero attached hydrogens (tertiary/aromatic N) is 1. The number of morpholine rings is 1. The number of benzene rings is 1. The Morgan fingerprint density at radius 1 is 1.40 bits per heavy atom. The summed E-state index contributed by atoms with van der Waals surface area (Å²) in [4.78, 5) is 2.20. The zero-order valence-electron chi connectivity index (χ0n) is 11.3. The van der Waals surface area contributed by atoms with Gasteiger partial charge in [0.05, 0.1) is 19.3 Å². The van der Waals surface area contributed by atoms with Gasteiger partial charge in [0.1, 0.15) is 5.75 Å². The van der Waals surface area contributed by atoms with Crippen molar-refractivity contribution in [2.45, 2.75) is 32.2 Å². The number of ether oxygens (including phenoxy) is 2. The number of rotatable bonds is 5. The largest absolute Gasteiger partial charge is 0.435 e. The average Bonchev–Trinajstić information content (AvgIpc) is 2.43. The van der Waals surface area contributed by atoms with Gasteiger partial charge >= 0.3 is 6.61 Å². The summed E-state index contributed by atoms with van der Waals surface area (Å²) in [6.07, 6.45) is -0.160. The number of alkyl halides is 2. The predicted octanol–water partition coefficient (Wildman–Crippen LogP) is 1.87. The molecule has 0 saturated carbocycles. The van der Waals surface area contributed by atoms with Crippen LogP contribution >= 0.6 is 0 Å². The number of hydrogen-bond acceptors (Lipinski definition) is 4. The monoisotopic (exact) mass is 287 g/mol. The molecule has 1 saturated heterocycles. The van der Waals surface area contributed by atoms with Crippen molar-refractivity contribution in [2.24, 2.45) is 0 Å². The molecule has 1 fully saturated rings. The lowest BCUT2D eigenvalue weighted by Gasteiger charge is -2.37. The second-order valence-electron chi connectivity index (χ2n) is 4.94. The van der Waals surface area contributed by atoms with E-state index in [9.17, 15) is 8.78 Å². The standard InChI is InChI=1S/C14H19F2NO3/c1-10-9-19-13(8-18)7-17(10)6-11-2-4-12(5-3-11)20-14(15)16/h2-5,10,13-14,18H,6-9H2,1H3. The average molecular weight is 287 g/mol. The van der Waals surface area contributed by atoms with Crippen LogP contribution in [-0.4, -0.2) is 48.5 Å². The van der Waals surface area contributed by atoms with E-state index in [1.807, 2.05) is 0 Å². The van der Waals surface area contributed by atoms with Gasteiger partial charge in [0.2, 0.25) is 0 Å². The topological polar surface area (TPSA) is 41.9 Å². The van der Waals surface area contributed by atoms with Crippen LogP contribution in [0.15, 0.2) is 24.3 Å². The van der Waals surface area contributed by atoms with E-state index in [0.29, 0.717) is 19.7 Å². The molecule has 0 aromatic heterocycles. The Balaban J connectivity index is 1.94. The van der Waals surface area contributed by atoms with Crippen LogP contribution in [-0.2, 0) is 11.3 Å². The molecule has 0 aliphatic carbocycles. The summed E-state index contributed by atoms with van der Waals surface area (Å²) >= 11 is 0. The summed E-state index contributed by atoms with van der Waals surface area (Å²) in [6.45, 7) is 1.19. The summed E-state index contributed by atoms with van der Waals surface area (Å²) in [5, 5.41) is 9.14. The van der Waals surface area contributed by atoms with Crippen molar-refractivity contribution in [3.63, 3.8) is 0 Å². The highest BCUT2D eigenvalue weighted by Crippen LogP contribution is 2.19. The van der Waals surface area contributed by atoms with Gasteiger partial charge in [-0.1, -0.05) is 12.1 Å². The van der Waals surface area contributed by atoms with Crippen LogP contribution in [0.4, 0.5) is 8.78 Å². The molecule has 1 aliphatic heterocycles. The molecule has 0 bridgehead atoms. The maximum absolute atomic E-state index is 12.1. The van der Waals surface area contributed by atoms with E-state index in [2.05, 4.69) is 16.6 Å². The van der Waals surface area contributed by atoms with E-state index in [-0.39, 0.29) is 24.5 Å². The SMILES string of the molecule is CC1COC(CO)CN1Cc1ccc(OC(F)F)cc1. The van der Waals surface area contributed by atoms with Gasteiger partial charge in [-0.15, -0.1) is 0 Å². The van der Waals surface area contributed by atoms with Crippen LogP contribution in [0.5, 0.6) is 5.75 Å². The first-order chi connectivity index (χ1) is 9.58. The highest BCUT2D eigenvalue weighted by molar-refractivity contribution is 5.27. The molecule has 2 atom stereocenters. The normalized spacial score (nSPS) is 24.1. The third-order valence-corrected chi connectivity index (χ3v) is 3.37. The minimum absolute atomic E-state index is 0.00435. The van der Waals surface area contributed by atoms with E-state index in [1.54, 1.807) is 12.1 Å². The van der Waals surface area contributed by atoms with Gasteiger partial charge in [0, 0.05) is 19.1 Å². The second-order valence-corrected chi connectivity index (χ2v) is 4.94. The van der Waals surface area contributed by atoms with E-state index >= 15 is 0 Å². The third kappa shape index (κ3) is 4.13. The quantitative estimate of drug-likeness (QED) is 0.897. The van der Waals surface area contributed by atoms with Crippen LogP contribution in [0.2, 0.25) is 0 Å². The van der Waals surface area contributed by atoms with Gasteiger partial charge < -0.3 is 14.6 Å². The summed E-state index contributed by atoms with van der Waals surface area (Å²) in [5.41, 5.74) is 1.01. The maximum atomic E-state index is 12.1. The molecular weight excluding hydrogens is 268 g/mol. The molecule has 1 aliphatic rings. The van der Waals surface area contributed by atoms with E-state index in [4.69, 9.17) is 9.84 Å². The Morgan fingerprint density at radius 3 is 2.70 bits per heavy atom. The van der Waals surface area contributed by atoms with Crippen molar-refractivity contribution in [2.75, 3.05) is 19.8 Å². The first-order valence-electron chi connectivity index (χ1n) is 6.58. The predicted molar refractivity (Wildman–Crippen MR) is 69.8 cm³/mol. The van der Waals surface area contributed by atoms with Crippen molar-refractivity contribution in [3.8, 4) is 5.75 Å². The van der Waals surface area contributed by atoms with Crippen LogP contribution in [0, 0.1) is 0 Å². The molecular formula is C14H19F2NO3. The van der Waals surface area contributed by atoms with Crippen LogP contribution in [0.25, 0.3) is 0 Å². The van der Waals surface area contributed by atoms with Crippen molar-refractivity contribution < 1.29 is 23.4 Å². The van der Waals surface area contributed by atoms with Crippen LogP contribution in [0.1, 0.15) is 12.5 Å². The van der Waals surface area contributed by atoms with Gasteiger partial charge in [0.15, 0.2) is 0 Å². The lowest BCUT2D eigenvalue weighted by atomic mass is 10.1. The first kappa shape index (κ1) is 15.2. The van der Waals surface area contributed by atoms with Crippen molar-refractivity contribution in [3.05, 3.63) is 29.8 Å². The zero-order valence-corrected chi connectivity index (χ0v) is 11.3. The molecule has 4 nitrogen and oxygen atoms in total.